The number of rotatable bonds is 6. The Labute approximate surface area is 171 Å². The molecule has 1 aromatic heterocycles. The fourth-order valence-corrected chi connectivity index (χ4v) is 3.96. The van der Waals surface area contributed by atoms with E-state index in [0.717, 1.165) is 87.4 Å². The molecule has 3 heterocycles. The van der Waals surface area contributed by atoms with Gasteiger partial charge in [-0.2, -0.15) is 0 Å². The van der Waals surface area contributed by atoms with Crippen LogP contribution in [0.15, 0.2) is 36.4 Å². The van der Waals surface area contributed by atoms with Crippen LogP contribution in [0.3, 0.4) is 0 Å². The van der Waals surface area contributed by atoms with E-state index in [1.807, 2.05) is 12.1 Å². The van der Waals surface area contributed by atoms with E-state index < -0.39 is 0 Å². The lowest BCUT2D eigenvalue weighted by Gasteiger charge is -2.32. The van der Waals surface area contributed by atoms with E-state index in [0.29, 0.717) is 0 Å². The Bertz CT molecular complexity index is 791. The van der Waals surface area contributed by atoms with E-state index in [2.05, 4.69) is 39.4 Å². The molecule has 2 aliphatic rings. The van der Waals surface area contributed by atoms with Crippen LogP contribution in [0.5, 0.6) is 0 Å². The molecule has 150 valence electrons. The average molecular weight is 401 g/mol. The lowest BCUT2D eigenvalue weighted by molar-refractivity contribution is 0.0352. The SMILES string of the molecule is S=C(NCN1CCOCC1)C(CN1CCOCC1)c1ccc2ccccc2n1. The summed E-state index contributed by atoms with van der Waals surface area (Å²) in [7, 11) is 0. The molecular weight excluding hydrogens is 372 g/mol. The molecule has 0 spiro atoms. The second-order valence-electron chi connectivity index (χ2n) is 7.32. The zero-order valence-corrected chi connectivity index (χ0v) is 17.0. The molecule has 4 rings (SSSR count). The molecule has 0 saturated carbocycles. The highest BCUT2D eigenvalue weighted by Gasteiger charge is 2.24. The Morgan fingerprint density at radius 3 is 2.39 bits per heavy atom. The second-order valence-corrected chi connectivity index (χ2v) is 7.76. The normalized spacial score (nSPS) is 20.1. The third kappa shape index (κ3) is 5.04. The standard InChI is InChI=1S/C21H28N4O2S/c28-21(22-16-25-9-13-27-14-10-25)18(15-24-7-11-26-12-8-24)20-6-5-17-3-1-2-4-19(17)23-20/h1-6,18H,7-16H2,(H,22,28). The fraction of sp³-hybridized carbons (Fsp3) is 0.524. The van der Waals surface area contributed by atoms with Gasteiger partial charge in [0.15, 0.2) is 0 Å². The second kappa shape index (κ2) is 9.71. The van der Waals surface area contributed by atoms with Crippen molar-refractivity contribution >= 4 is 28.1 Å². The highest BCUT2D eigenvalue weighted by molar-refractivity contribution is 7.80. The van der Waals surface area contributed by atoms with Gasteiger partial charge in [-0.15, -0.1) is 0 Å². The summed E-state index contributed by atoms with van der Waals surface area (Å²) in [6.07, 6.45) is 0. The van der Waals surface area contributed by atoms with Crippen molar-refractivity contribution in [1.82, 2.24) is 20.1 Å². The number of thiocarbonyl (C=S) groups is 1. The van der Waals surface area contributed by atoms with Gasteiger partial charge in [0, 0.05) is 38.1 Å². The van der Waals surface area contributed by atoms with Crippen LogP contribution in [0.1, 0.15) is 11.6 Å². The number of ether oxygens (including phenoxy) is 2. The summed E-state index contributed by atoms with van der Waals surface area (Å²) < 4.78 is 10.9. The van der Waals surface area contributed by atoms with E-state index in [1.54, 1.807) is 0 Å². The monoisotopic (exact) mass is 400 g/mol. The van der Waals surface area contributed by atoms with E-state index in [4.69, 9.17) is 26.7 Å². The minimum absolute atomic E-state index is 0.0683. The first-order valence-electron chi connectivity index (χ1n) is 10.0. The first kappa shape index (κ1) is 19.7. The number of morpholine rings is 2. The van der Waals surface area contributed by atoms with Gasteiger partial charge >= 0.3 is 0 Å². The highest BCUT2D eigenvalue weighted by atomic mass is 32.1. The summed E-state index contributed by atoms with van der Waals surface area (Å²) in [5, 5.41) is 4.65. The van der Waals surface area contributed by atoms with Gasteiger partial charge in [-0.3, -0.25) is 14.8 Å². The fourth-order valence-electron chi connectivity index (χ4n) is 3.70. The third-order valence-corrected chi connectivity index (χ3v) is 5.85. The van der Waals surface area contributed by atoms with Gasteiger partial charge in [-0.1, -0.05) is 36.5 Å². The Kier molecular flexibility index (Phi) is 6.82. The Morgan fingerprint density at radius 1 is 0.964 bits per heavy atom. The quantitative estimate of drug-likeness (QED) is 0.743. The van der Waals surface area contributed by atoms with Crippen molar-refractivity contribution < 1.29 is 9.47 Å². The van der Waals surface area contributed by atoms with Crippen molar-refractivity contribution in [3.05, 3.63) is 42.1 Å². The van der Waals surface area contributed by atoms with Crippen LogP contribution in [0, 0.1) is 0 Å². The molecule has 2 aromatic rings. The molecule has 6 nitrogen and oxygen atoms in total. The van der Waals surface area contributed by atoms with E-state index in [9.17, 15) is 0 Å². The van der Waals surface area contributed by atoms with Crippen molar-refractivity contribution in [3.8, 4) is 0 Å². The lowest BCUT2D eigenvalue weighted by atomic mass is 10.0. The molecule has 1 unspecified atom stereocenters. The number of hydrogen-bond donors (Lipinski definition) is 1. The minimum Gasteiger partial charge on any atom is -0.379 e. The number of pyridine rings is 1. The highest BCUT2D eigenvalue weighted by Crippen LogP contribution is 2.21. The Hall–Kier alpha value is -1.64. The summed E-state index contributed by atoms with van der Waals surface area (Å²) in [5.74, 6) is 0.0683. The average Bonchev–Trinajstić information content (AvgIpc) is 2.77. The van der Waals surface area contributed by atoms with Crippen LogP contribution >= 0.6 is 12.2 Å². The van der Waals surface area contributed by atoms with Gasteiger partial charge in [0.2, 0.25) is 0 Å². The molecule has 2 aliphatic heterocycles. The summed E-state index contributed by atoms with van der Waals surface area (Å²) in [4.78, 5) is 10.6. The Morgan fingerprint density at radius 2 is 1.64 bits per heavy atom. The molecule has 28 heavy (non-hydrogen) atoms. The van der Waals surface area contributed by atoms with Gasteiger partial charge in [0.05, 0.1) is 55.2 Å². The van der Waals surface area contributed by atoms with Crippen molar-refractivity contribution in [1.29, 1.82) is 0 Å². The lowest BCUT2D eigenvalue weighted by Crippen LogP contribution is -2.46. The topological polar surface area (TPSA) is 49.9 Å². The maximum atomic E-state index is 5.85. The van der Waals surface area contributed by atoms with Crippen molar-refractivity contribution in [2.24, 2.45) is 0 Å². The summed E-state index contributed by atoms with van der Waals surface area (Å²) in [6.45, 7) is 8.54. The molecular formula is C21H28N4O2S. The first-order valence-corrected chi connectivity index (χ1v) is 10.4. The predicted molar refractivity (Wildman–Crippen MR) is 115 cm³/mol. The maximum Gasteiger partial charge on any atom is 0.0868 e. The predicted octanol–water partition coefficient (Wildman–Crippen LogP) is 1.86. The van der Waals surface area contributed by atoms with Crippen molar-refractivity contribution in [2.45, 2.75) is 5.92 Å². The molecule has 7 heteroatoms. The molecule has 0 amide bonds. The van der Waals surface area contributed by atoms with Gasteiger partial charge in [0.1, 0.15) is 0 Å². The molecule has 2 saturated heterocycles. The molecule has 1 N–H and O–H groups in total. The van der Waals surface area contributed by atoms with Gasteiger partial charge < -0.3 is 14.8 Å². The number of fused-ring (bicyclic) bond motifs is 1. The van der Waals surface area contributed by atoms with Crippen molar-refractivity contribution in [2.75, 3.05) is 65.8 Å². The third-order valence-electron chi connectivity index (χ3n) is 5.42. The summed E-state index contributed by atoms with van der Waals surface area (Å²) >= 11 is 5.85. The zero-order chi connectivity index (χ0) is 19.2. The largest absolute Gasteiger partial charge is 0.379 e. The molecule has 1 aromatic carbocycles. The smallest absolute Gasteiger partial charge is 0.0868 e. The van der Waals surface area contributed by atoms with E-state index in [-0.39, 0.29) is 5.92 Å². The van der Waals surface area contributed by atoms with Gasteiger partial charge in [-0.25, -0.2) is 0 Å². The molecule has 0 bridgehead atoms. The maximum absolute atomic E-state index is 5.85. The first-order chi connectivity index (χ1) is 13.8. The van der Waals surface area contributed by atoms with Crippen LogP contribution in [-0.2, 0) is 9.47 Å². The van der Waals surface area contributed by atoms with E-state index in [1.165, 1.54) is 0 Å². The number of nitrogens with one attached hydrogen (secondary N) is 1. The van der Waals surface area contributed by atoms with Crippen LogP contribution in [0.25, 0.3) is 10.9 Å². The van der Waals surface area contributed by atoms with Crippen LogP contribution in [-0.4, -0.2) is 85.6 Å². The van der Waals surface area contributed by atoms with Crippen LogP contribution < -0.4 is 5.32 Å². The van der Waals surface area contributed by atoms with Crippen molar-refractivity contribution in [3.63, 3.8) is 0 Å². The summed E-state index contributed by atoms with van der Waals surface area (Å²) in [6, 6.07) is 12.5. The minimum atomic E-state index is 0.0683. The number of aromatic nitrogens is 1. The number of benzene rings is 1. The molecule has 2 fully saturated rings. The molecule has 1 atom stereocenters. The van der Waals surface area contributed by atoms with Gasteiger partial charge in [0.25, 0.3) is 0 Å². The van der Waals surface area contributed by atoms with E-state index >= 15 is 0 Å². The molecule has 0 aliphatic carbocycles. The Balaban J connectivity index is 1.50. The zero-order valence-electron chi connectivity index (χ0n) is 16.2. The van der Waals surface area contributed by atoms with Gasteiger partial charge in [-0.05, 0) is 12.1 Å². The van der Waals surface area contributed by atoms with Crippen LogP contribution in [0.2, 0.25) is 0 Å². The van der Waals surface area contributed by atoms with Crippen LogP contribution in [0.4, 0.5) is 0 Å². The summed E-state index contributed by atoms with van der Waals surface area (Å²) in [5.41, 5.74) is 2.05. The number of para-hydroxylation sites is 1. The number of nitrogens with zero attached hydrogens (tertiary/aromatic N) is 3. The number of hydrogen-bond acceptors (Lipinski definition) is 6. The molecule has 0 radical (unpaired) electrons.